The van der Waals surface area contributed by atoms with Gasteiger partial charge in [-0.1, -0.05) is 189 Å². The van der Waals surface area contributed by atoms with E-state index >= 15 is 0 Å². The van der Waals surface area contributed by atoms with Gasteiger partial charge in [-0.05, 0) is 135 Å². The molecule has 88 heavy (non-hydrogen) atoms. The number of anilines is 4. The van der Waals surface area contributed by atoms with Crippen LogP contribution in [0, 0.1) is 39.6 Å². The van der Waals surface area contributed by atoms with Crippen LogP contribution in [-0.4, -0.2) is 29.6 Å². The van der Waals surface area contributed by atoms with Gasteiger partial charge < -0.3 is 24.2 Å². The van der Waals surface area contributed by atoms with Gasteiger partial charge in [0.15, 0.2) is 11.6 Å². The molecule has 1 N–H and O–H groups in total. The number of rotatable bonds is 10. The smallest absolute Gasteiger partial charge is 0.162 e. The molecule has 0 bridgehead atoms. The number of ether oxygens (including phenoxy) is 1. The molecule has 0 saturated heterocycles. The van der Waals surface area contributed by atoms with Gasteiger partial charge in [0.05, 0.1) is 12.3 Å². The summed E-state index contributed by atoms with van der Waals surface area (Å²) in [5.74, 6) is 1.64. The molecule has 0 spiro atoms. The van der Waals surface area contributed by atoms with Crippen LogP contribution < -0.4 is 14.5 Å². The second-order valence-electron chi connectivity index (χ2n) is 25.3. The summed E-state index contributed by atoms with van der Waals surface area (Å²) in [5.41, 5.74) is 10.2. The van der Waals surface area contributed by atoms with Gasteiger partial charge in [-0.2, -0.15) is 6.07 Å². The van der Waals surface area contributed by atoms with Gasteiger partial charge in [-0.25, -0.2) is 19.9 Å². The molecule has 9 aromatic carbocycles. The van der Waals surface area contributed by atoms with Crippen molar-refractivity contribution in [3.8, 4) is 79.5 Å². The number of aromatic nitrogens is 5. The SMILES string of the molecule is [2H]c1c([2H])c([2H])c(-c2c(C)c(C)c(C)c(-c3c([2H])c([2H])c([2H])c(O)c3[2H])c2N2[CH-]N(c3[c-]c(Oc4[c-]c5c(cc4-c4nc(-c6ccc(C(C)(C)C)cc6)nc(-c6ccc(C(C)(C)C)cc6)n4)c4ccccc4n5-c4cc(C(C)(C)C)ccn4)ccc3)c3ccccc32)c([2H])c1[2H].[Pt]. The molecule has 0 radical (unpaired) electrons. The molecular formula is C78H70N7O2Pt-3. The van der Waals surface area contributed by atoms with Crippen molar-refractivity contribution in [2.45, 2.75) is 99.3 Å². The van der Waals surface area contributed by atoms with Gasteiger partial charge >= 0.3 is 0 Å². The second kappa shape index (κ2) is 22.8. The number of hydrogen-bond donors (Lipinski definition) is 1. The minimum absolute atomic E-state index is 0. The molecule has 12 aromatic rings. The van der Waals surface area contributed by atoms with Gasteiger partial charge in [-0.15, -0.1) is 48.1 Å². The largest absolute Gasteiger partial charge is 0.508 e. The van der Waals surface area contributed by atoms with Crippen LogP contribution in [0.3, 0.4) is 0 Å². The zero-order chi connectivity index (χ0) is 68.5. The number of hydrogen-bond acceptors (Lipinski definition) is 8. The maximum atomic E-state index is 11.4. The zero-order valence-corrected chi connectivity index (χ0v) is 53.4. The van der Waals surface area contributed by atoms with E-state index in [1.165, 1.54) is 0 Å². The zero-order valence-electron chi connectivity index (χ0n) is 60.2. The average Bonchev–Trinajstić information content (AvgIpc) is 1.72. The fraction of sp³-hybridized carbons (Fsp3) is 0.192. The first-order chi connectivity index (χ1) is 45.4. The van der Waals surface area contributed by atoms with E-state index in [1.54, 1.807) is 38.4 Å². The predicted octanol–water partition coefficient (Wildman–Crippen LogP) is 20.0. The van der Waals surface area contributed by atoms with Crippen molar-refractivity contribution in [2.24, 2.45) is 0 Å². The van der Waals surface area contributed by atoms with Crippen molar-refractivity contribution < 1.29 is 43.2 Å². The molecule has 0 unspecified atom stereocenters. The number of aromatic hydroxyl groups is 1. The maximum Gasteiger partial charge on any atom is 0.162 e. The first-order valence-electron chi connectivity index (χ1n) is 33.6. The summed E-state index contributed by atoms with van der Waals surface area (Å²) >= 11 is 0. The van der Waals surface area contributed by atoms with Crippen molar-refractivity contribution >= 4 is 44.6 Å². The topological polar surface area (TPSA) is 92.4 Å². The van der Waals surface area contributed by atoms with Gasteiger partial charge in [0, 0.05) is 83.6 Å². The fourth-order valence-corrected chi connectivity index (χ4v) is 11.5. The number of nitrogens with zero attached hydrogens (tertiary/aromatic N) is 7. The third-order valence-electron chi connectivity index (χ3n) is 16.5. The first kappa shape index (κ1) is 48.9. The second-order valence-corrected chi connectivity index (χ2v) is 25.3. The molecule has 0 amide bonds. The van der Waals surface area contributed by atoms with E-state index in [4.69, 9.17) is 31.5 Å². The van der Waals surface area contributed by atoms with E-state index < -0.39 is 60.1 Å². The molecule has 9 nitrogen and oxygen atoms in total. The average molecular weight is 1340 g/mol. The Bertz CT molecular complexity index is 4960. The molecule has 1 aliphatic rings. The predicted molar refractivity (Wildman–Crippen MR) is 357 cm³/mol. The first-order valence-corrected chi connectivity index (χ1v) is 29.1. The number of fused-ring (bicyclic) bond motifs is 4. The van der Waals surface area contributed by atoms with Gasteiger partial charge in [-0.3, -0.25) is 0 Å². The van der Waals surface area contributed by atoms with E-state index in [-0.39, 0.29) is 76.8 Å². The summed E-state index contributed by atoms with van der Waals surface area (Å²) in [4.78, 5) is 24.5. The van der Waals surface area contributed by atoms with Crippen molar-refractivity contribution in [1.82, 2.24) is 24.5 Å². The summed E-state index contributed by atoms with van der Waals surface area (Å²) < 4.78 is 90.7. The van der Waals surface area contributed by atoms with Crippen molar-refractivity contribution in [3.63, 3.8) is 0 Å². The van der Waals surface area contributed by atoms with Crippen LogP contribution in [0.25, 0.3) is 84.0 Å². The molecule has 3 aromatic heterocycles. The Labute approximate surface area is 544 Å². The van der Waals surface area contributed by atoms with Crippen LogP contribution >= 0.6 is 0 Å². The molecule has 0 aliphatic carbocycles. The third-order valence-corrected chi connectivity index (χ3v) is 16.5. The Morgan fingerprint density at radius 1 is 0.534 bits per heavy atom. The van der Waals surface area contributed by atoms with Crippen LogP contribution in [0.2, 0.25) is 0 Å². The van der Waals surface area contributed by atoms with Crippen LogP contribution in [0.15, 0.2) is 194 Å². The van der Waals surface area contributed by atoms with E-state index in [2.05, 4.69) is 128 Å². The Balaban J connectivity index is 0.00000897. The third kappa shape index (κ3) is 11.0. The number of phenols is 1. The summed E-state index contributed by atoms with van der Waals surface area (Å²) in [6.45, 7) is 26.7. The van der Waals surface area contributed by atoms with E-state index in [0.717, 1.165) is 44.1 Å². The number of benzene rings is 9. The summed E-state index contributed by atoms with van der Waals surface area (Å²) in [6.07, 6.45) is 1.83. The molecule has 442 valence electrons. The molecule has 0 saturated carbocycles. The van der Waals surface area contributed by atoms with Gasteiger partial charge in [0.25, 0.3) is 0 Å². The van der Waals surface area contributed by atoms with Crippen LogP contribution in [0.5, 0.6) is 17.2 Å². The number of pyridine rings is 1. The Morgan fingerprint density at radius 2 is 1.11 bits per heavy atom. The Hall–Kier alpha value is -9.17. The van der Waals surface area contributed by atoms with Crippen LogP contribution in [-0.2, 0) is 37.3 Å². The minimum Gasteiger partial charge on any atom is -0.508 e. The van der Waals surface area contributed by atoms with Crippen molar-refractivity contribution in [2.75, 3.05) is 9.80 Å². The normalized spacial score (nSPS) is 14.1. The van der Waals surface area contributed by atoms with Gasteiger partial charge in [0.1, 0.15) is 17.4 Å². The van der Waals surface area contributed by atoms with E-state index in [9.17, 15) is 10.6 Å². The molecule has 4 heterocycles. The molecule has 0 atom stereocenters. The molecule has 0 fully saturated rings. The number of para-hydroxylation sites is 3. The maximum absolute atomic E-state index is 11.4. The van der Waals surface area contributed by atoms with E-state index in [1.807, 2.05) is 90.0 Å². The minimum atomic E-state index is -0.807. The monoisotopic (exact) mass is 1340 g/mol. The van der Waals surface area contributed by atoms with E-state index in [0.29, 0.717) is 68.1 Å². The van der Waals surface area contributed by atoms with Crippen molar-refractivity contribution in [3.05, 3.63) is 246 Å². The molecular weight excluding hydrogens is 1260 g/mol. The van der Waals surface area contributed by atoms with Gasteiger partial charge in [0.2, 0.25) is 0 Å². The summed E-state index contributed by atoms with van der Waals surface area (Å²) in [5, 5.41) is 13.1. The Morgan fingerprint density at radius 3 is 1.75 bits per heavy atom. The number of phenolic OH excluding ortho intramolecular Hbond substituents is 1. The standard InChI is InChI=1S/C78H70N7O2.Pt/c1-48-49(2)70(51-22-14-13-15-23-51)72(71(50(48)3)54-24-20-26-59(86)42-54)84-47-83(65-30-18-19-31-66(65)84)58-25-21-27-60(44-58)87-68-46-67-62(61-28-16-17-29-64(61)85(67)69-43-57(40-41-79-69)78(10,11)12)45-63(68)75-81-73(52-32-36-55(37-33-52)76(4,5)6)80-74(82-75)53-34-38-56(39-35-53)77(7,8)9;/h13-43,45,47,86H,1-12H3;/q-3;/i13D,14D,15D,20D,22D,23D,24D,26D,42D;. The molecule has 1 aliphatic heterocycles. The summed E-state index contributed by atoms with van der Waals surface area (Å²) in [6, 6.07) is 46.2. The Kier molecular flexibility index (Phi) is 12.7. The molecule has 10 heteroatoms. The molecule has 13 rings (SSSR count). The fourth-order valence-electron chi connectivity index (χ4n) is 11.5. The summed E-state index contributed by atoms with van der Waals surface area (Å²) in [7, 11) is 0. The van der Waals surface area contributed by atoms with Crippen LogP contribution in [0.1, 0.15) is 108 Å². The van der Waals surface area contributed by atoms with Crippen molar-refractivity contribution in [1.29, 1.82) is 0 Å². The quantitative estimate of drug-likeness (QED) is 0.135. The van der Waals surface area contributed by atoms with Crippen LogP contribution in [0.4, 0.5) is 22.7 Å².